The van der Waals surface area contributed by atoms with E-state index in [0.29, 0.717) is 12.0 Å². The van der Waals surface area contributed by atoms with Gasteiger partial charge < -0.3 is 15.6 Å². The number of hydrogen-bond acceptors (Lipinski definition) is 4. The summed E-state index contributed by atoms with van der Waals surface area (Å²) < 4.78 is 0. The maximum Gasteiger partial charge on any atom is 0.331 e. The normalized spacial score (nSPS) is 17.4. The van der Waals surface area contributed by atoms with E-state index in [4.69, 9.17) is 10.8 Å². The van der Waals surface area contributed by atoms with Gasteiger partial charge in [-0.3, -0.25) is 0 Å². The molecule has 0 fully saturated rings. The van der Waals surface area contributed by atoms with Gasteiger partial charge in [0.05, 0.1) is 0 Å². The molecule has 0 aliphatic rings. The summed E-state index contributed by atoms with van der Waals surface area (Å²) in [6.45, 7) is 1.85. The summed E-state index contributed by atoms with van der Waals surface area (Å²) in [5, 5.41) is 8.97. The minimum atomic E-state index is -1.85. The Balaban J connectivity index is 5.00. The van der Waals surface area contributed by atoms with Crippen molar-refractivity contribution in [2.45, 2.75) is 12.5 Å². The molecule has 0 radical (unpaired) electrons. The van der Waals surface area contributed by atoms with Crippen LogP contribution in [0.5, 0.6) is 0 Å². The minimum Gasteiger partial charge on any atom is -0.480 e. The number of hydrogen-bond donors (Lipinski definition) is 2. The summed E-state index contributed by atoms with van der Waals surface area (Å²) in [5.41, 5.74) is 3.75. The van der Waals surface area contributed by atoms with Gasteiger partial charge in [-0.05, 0) is 13.2 Å². The highest BCUT2D eigenvalue weighted by Crippen LogP contribution is 2.19. The lowest BCUT2D eigenvalue weighted by Crippen LogP contribution is -2.56. The first-order valence-electron chi connectivity index (χ1n) is 4.80. The Labute approximate surface area is 99.6 Å². The summed E-state index contributed by atoms with van der Waals surface area (Å²) in [6, 6.07) is 0. The van der Waals surface area contributed by atoms with E-state index < -0.39 is 17.4 Å². The maximum atomic E-state index is 11.0. The number of rotatable bonds is 7. The zero-order chi connectivity index (χ0) is 12.6. The molecule has 4 nitrogen and oxygen atoms in total. The third-order valence-corrected chi connectivity index (χ3v) is 2.86. The molecule has 0 aliphatic heterocycles. The Kier molecular flexibility index (Phi) is 6.76. The molecule has 0 spiro atoms. The van der Waals surface area contributed by atoms with Crippen LogP contribution in [0, 0.1) is 5.92 Å². The van der Waals surface area contributed by atoms with Crippen molar-refractivity contribution >= 4 is 24.0 Å². The molecule has 0 aromatic heterocycles. The molecule has 0 rings (SSSR count). The molecule has 0 bridgehead atoms. The van der Waals surface area contributed by atoms with Crippen LogP contribution < -0.4 is 5.73 Å². The second kappa shape index (κ2) is 7.24. The fourth-order valence-corrected chi connectivity index (χ4v) is 1.88. The van der Waals surface area contributed by atoms with Crippen LogP contribution in [0.2, 0.25) is 0 Å². The molecule has 3 N–H and O–H groups in total. The third kappa shape index (κ3) is 3.83. The van der Waals surface area contributed by atoms with Gasteiger partial charge in [-0.15, -0.1) is 0 Å². The van der Waals surface area contributed by atoms with Crippen molar-refractivity contribution in [2.75, 3.05) is 12.0 Å². The molecule has 2 atom stereocenters. The van der Waals surface area contributed by atoms with Crippen LogP contribution in [0.3, 0.4) is 0 Å². The van der Waals surface area contributed by atoms with Gasteiger partial charge in [0.25, 0.3) is 0 Å². The fraction of sp³-hybridized carbons (Fsp3) is 0.455. The molecule has 0 saturated carbocycles. The zero-order valence-corrected chi connectivity index (χ0v) is 10.2. The number of allylic oxidation sites excluding steroid dienone is 3. The lowest BCUT2D eigenvalue weighted by Gasteiger charge is -2.25. The largest absolute Gasteiger partial charge is 0.480 e. The van der Waals surface area contributed by atoms with Crippen molar-refractivity contribution in [1.82, 2.24) is 0 Å². The smallest absolute Gasteiger partial charge is 0.331 e. The van der Waals surface area contributed by atoms with E-state index >= 15 is 0 Å². The number of carbonyl (C=O) groups is 2. The highest BCUT2D eigenvalue weighted by atomic mass is 32.2. The van der Waals surface area contributed by atoms with Gasteiger partial charge in [0.1, 0.15) is 0 Å². The Hall–Kier alpha value is -1.07. The van der Waals surface area contributed by atoms with Crippen LogP contribution >= 0.6 is 11.8 Å². The quantitative estimate of drug-likeness (QED) is 0.397. The predicted molar refractivity (Wildman–Crippen MR) is 66.4 cm³/mol. The van der Waals surface area contributed by atoms with Crippen LogP contribution in [0.25, 0.3) is 0 Å². The molecule has 0 aromatic rings. The molecule has 2 unspecified atom stereocenters. The fourth-order valence-electron chi connectivity index (χ4n) is 1.14. The summed E-state index contributed by atoms with van der Waals surface area (Å²) in [7, 11) is 0. The molecule has 90 valence electrons. The number of carboxylic acid groups (broad SMARTS) is 1. The molecule has 0 heterocycles. The number of nitrogens with two attached hydrogens (primary N) is 1. The lowest BCUT2D eigenvalue weighted by atomic mass is 9.87. The van der Waals surface area contributed by atoms with E-state index in [1.54, 1.807) is 18.2 Å². The van der Waals surface area contributed by atoms with Crippen molar-refractivity contribution in [3.8, 4) is 0 Å². The summed E-state index contributed by atoms with van der Waals surface area (Å²) in [6.07, 6.45) is 9.07. The van der Waals surface area contributed by atoms with Gasteiger partial charge in [-0.1, -0.05) is 24.3 Å². The first-order valence-corrected chi connectivity index (χ1v) is 6.19. The maximum absolute atomic E-state index is 11.0. The van der Waals surface area contributed by atoms with Crippen molar-refractivity contribution < 1.29 is 14.7 Å². The number of thioether (sulfide) groups is 1. The summed E-state index contributed by atoms with van der Waals surface area (Å²) >= 11 is 1.45. The number of carbonyl (C=O) groups excluding carboxylic acids is 1. The van der Waals surface area contributed by atoms with Gasteiger partial charge in [-0.25, -0.2) is 4.79 Å². The van der Waals surface area contributed by atoms with Crippen molar-refractivity contribution in [2.24, 2.45) is 11.7 Å². The van der Waals surface area contributed by atoms with Crippen LogP contribution in [0.15, 0.2) is 24.3 Å². The SMILES string of the molecule is C/C=C/C=C/C(CSC)C(N)(C=O)C(=O)O. The molecule has 5 heteroatoms. The van der Waals surface area contributed by atoms with Crippen LogP contribution in [-0.2, 0) is 9.59 Å². The molecule has 0 amide bonds. The first kappa shape index (κ1) is 14.9. The standard InChI is InChI=1S/C11H17NO3S/c1-3-4-5-6-9(7-16-2)11(12,8-13)10(14)15/h3-6,8-9H,7,12H2,1-2H3,(H,14,15)/b4-3+,6-5+. The van der Waals surface area contributed by atoms with Gasteiger partial charge in [0, 0.05) is 11.7 Å². The highest BCUT2D eigenvalue weighted by molar-refractivity contribution is 7.98. The molecule has 0 aliphatic carbocycles. The van der Waals surface area contributed by atoms with Crippen molar-refractivity contribution in [3.63, 3.8) is 0 Å². The topological polar surface area (TPSA) is 80.4 Å². The molecular weight excluding hydrogens is 226 g/mol. The second-order valence-electron chi connectivity index (χ2n) is 3.33. The Morgan fingerprint density at radius 2 is 2.19 bits per heavy atom. The average Bonchev–Trinajstić information content (AvgIpc) is 2.27. The lowest BCUT2D eigenvalue weighted by molar-refractivity contribution is -0.146. The van der Waals surface area contributed by atoms with Gasteiger partial charge >= 0.3 is 5.97 Å². The molecular formula is C11H17NO3S. The number of aliphatic carboxylic acids is 1. The Bertz CT molecular complexity index is 302. The van der Waals surface area contributed by atoms with Crippen LogP contribution in [0.1, 0.15) is 6.92 Å². The van der Waals surface area contributed by atoms with Gasteiger partial charge in [0.15, 0.2) is 11.8 Å². The summed E-state index contributed by atoms with van der Waals surface area (Å²) in [4.78, 5) is 21.8. The van der Waals surface area contributed by atoms with Gasteiger partial charge in [-0.2, -0.15) is 11.8 Å². The second-order valence-corrected chi connectivity index (χ2v) is 4.24. The zero-order valence-electron chi connectivity index (χ0n) is 9.42. The van der Waals surface area contributed by atoms with E-state index in [1.807, 2.05) is 19.3 Å². The number of aldehydes is 1. The monoisotopic (exact) mass is 243 g/mol. The molecule has 0 aromatic carbocycles. The van der Waals surface area contributed by atoms with E-state index in [1.165, 1.54) is 11.8 Å². The van der Waals surface area contributed by atoms with Gasteiger partial charge in [0.2, 0.25) is 0 Å². The average molecular weight is 243 g/mol. The van der Waals surface area contributed by atoms with E-state index in [2.05, 4.69) is 0 Å². The van der Waals surface area contributed by atoms with Crippen LogP contribution in [-0.4, -0.2) is 34.9 Å². The Morgan fingerprint density at radius 1 is 1.56 bits per heavy atom. The van der Waals surface area contributed by atoms with E-state index in [9.17, 15) is 9.59 Å². The minimum absolute atomic E-state index is 0.302. The Morgan fingerprint density at radius 3 is 2.56 bits per heavy atom. The van der Waals surface area contributed by atoms with Crippen molar-refractivity contribution in [1.29, 1.82) is 0 Å². The van der Waals surface area contributed by atoms with E-state index in [0.717, 1.165) is 0 Å². The predicted octanol–water partition coefficient (Wildman–Crippen LogP) is 1.08. The van der Waals surface area contributed by atoms with Crippen molar-refractivity contribution in [3.05, 3.63) is 24.3 Å². The molecule has 16 heavy (non-hydrogen) atoms. The third-order valence-electron chi connectivity index (χ3n) is 2.17. The van der Waals surface area contributed by atoms with Crippen LogP contribution in [0.4, 0.5) is 0 Å². The van der Waals surface area contributed by atoms with E-state index in [-0.39, 0.29) is 0 Å². The number of carboxylic acids is 1. The summed E-state index contributed by atoms with van der Waals surface area (Å²) in [5.74, 6) is -1.34. The molecule has 0 saturated heterocycles. The first-order chi connectivity index (χ1) is 7.52. The highest BCUT2D eigenvalue weighted by Gasteiger charge is 2.40.